The van der Waals surface area contributed by atoms with Crippen molar-refractivity contribution in [3.8, 4) is 33.6 Å². The molecule has 4 aromatic carbocycles. The number of carbonyl (C=O) groups is 4. The number of β-amino-alcohol motifs (C(OH)–C–C–N with tert-alkyl or cyclic N) is 1. The number of aromatic nitrogens is 4. The van der Waals surface area contributed by atoms with Crippen LogP contribution in [0.4, 0.5) is 10.1 Å². The number of aliphatic hydroxyl groups is 1. The first kappa shape index (κ1) is 58.4. The van der Waals surface area contributed by atoms with Gasteiger partial charge in [-0.2, -0.15) is 0 Å². The van der Waals surface area contributed by atoms with Gasteiger partial charge in [-0.25, -0.2) is 19.3 Å². The molecule has 3 atom stereocenters. The maximum absolute atomic E-state index is 15.6. The Morgan fingerprint density at radius 2 is 1.59 bits per heavy atom. The van der Waals surface area contributed by atoms with E-state index in [1.807, 2.05) is 76.5 Å². The fourth-order valence-electron chi connectivity index (χ4n) is 10.0. The van der Waals surface area contributed by atoms with Crippen molar-refractivity contribution in [3.63, 3.8) is 0 Å². The van der Waals surface area contributed by atoms with Crippen molar-refractivity contribution in [3.05, 3.63) is 129 Å². The number of likely N-dealkylation sites (tertiary alicyclic amines) is 1. The van der Waals surface area contributed by atoms with Crippen LogP contribution < -0.4 is 35.6 Å². The molecule has 0 saturated carbocycles. The lowest BCUT2D eigenvalue weighted by Crippen LogP contribution is -2.57. The second-order valence-electron chi connectivity index (χ2n) is 21.5. The van der Waals surface area contributed by atoms with Crippen molar-refractivity contribution in [2.75, 3.05) is 25.6 Å². The third kappa shape index (κ3) is 13.8. The zero-order valence-electron chi connectivity index (χ0n) is 46.7. The number of methoxy groups -OCH3 is 1. The summed E-state index contributed by atoms with van der Waals surface area (Å²) in [5, 5.41) is 20.1. The Kier molecular flexibility index (Phi) is 19.0. The first-order chi connectivity index (χ1) is 38.3. The summed E-state index contributed by atoms with van der Waals surface area (Å²) in [4.78, 5) is 83.4. The van der Waals surface area contributed by atoms with Gasteiger partial charge in [0.1, 0.15) is 24.0 Å². The summed E-state index contributed by atoms with van der Waals surface area (Å²) in [6.45, 7) is 12.0. The van der Waals surface area contributed by atoms with Crippen LogP contribution in [0.2, 0.25) is 0 Å². The number of nitrogens with one attached hydrogen (secondary N) is 3. The average molecular weight is 1110 g/mol. The van der Waals surface area contributed by atoms with Crippen LogP contribution in [0.3, 0.4) is 0 Å². The van der Waals surface area contributed by atoms with Crippen molar-refractivity contribution in [1.29, 1.82) is 0 Å². The fourth-order valence-corrected chi connectivity index (χ4v) is 10.8. The summed E-state index contributed by atoms with van der Waals surface area (Å²) in [5.41, 5.74) is 6.45. The lowest BCUT2D eigenvalue weighted by Gasteiger charge is -2.35. The summed E-state index contributed by atoms with van der Waals surface area (Å²) in [5.74, 6) is -1.57. The van der Waals surface area contributed by atoms with Gasteiger partial charge in [0.25, 0.3) is 5.91 Å². The number of ether oxygens (including phenoxy) is 3. The molecule has 1 saturated heterocycles. The van der Waals surface area contributed by atoms with E-state index in [2.05, 4.69) is 30.9 Å². The van der Waals surface area contributed by atoms with E-state index < -0.39 is 40.8 Å². The minimum atomic E-state index is -0.886. The first-order valence-electron chi connectivity index (χ1n) is 27.3. The molecule has 3 aromatic heterocycles. The normalized spacial score (nSPS) is 14.8. The predicted octanol–water partition coefficient (Wildman–Crippen LogP) is 10.3. The van der Waals surface area contributed by atoms with Crippen molar-refractivity contribution in [1.82, 2.24) is 35.1 Å². The topological polar surface area (TPSA) is 216 Å². The number of thiazole rings is 1. The highest BCUT2D eigenvalue weighted by Gasteiger charge is 2.44. The standard InChI is InChI=1S/C61H71FN8O9S/c1-9-38-20-24-47-44(27-38)54(73)53(37(3)69(47)7)58(75)67-41-23-25-49(45(62)28-41)79-59-43-30-50(77-8)51(31-46(43)64-34-65-59)78-26-16-14-12-10-11-13-15-17-52(72)68-56(61(4,5)6)60(76)70-33-42(71)29-48(70)57(74)63-32-39-18-21-40(22-19-39)55-36(2)66-35-80-55/h18-25,27-28,30-31,34-35,42,48,56,71H,9-17,26,29,32-33H2,1-8H3,(H,63,74)(H,67,75)(H,68,72)/t42-,48+,56-/m1/s1. The minimum Gasteiger partial charge on any atom is -0.493 e. The SMILES string of the molecule is CCc1ccc2c(c1)c(=O)c(C(=O)Nc1ccc(Oc3ncnc4cc(OCCCCCCCCCC(=O)N[C@H](C(=O)N5C[C@H](O)C[C@H]5C(=O)NCc5ccc(-c6scnc6C)cc5)C(C)(C)C)c(OC)cc34)c(F)c1)c(C)n2C. The van der Waals surface area contributed by atoms with Gasteiger partial charge in [-0.05, 0) is 85.5 Å². The molecular formula is C61H71FN8O9S. The number of benzene rings is 4. The predicted molar refractivity (Wildman–Crippen MR) is 308 cm³/mol. The quantitative estimate of drug-likeness (QED) is 0.0440. The van der Waals surface area contributed by atoms with Gasteiger partial charge in [-0.3, -0.25) is 24.0 Å². The molecule has 19 heteroatoms. The molecule has 17 nitrogen and oxygen atoms in total. The summed E-state index contributed by atoms with van der Waals surface area (Å²) in [6, 6.07) is 19.1. The molecule has 0 spiro atoms. The van der Waals surface area contributed by atoms with Crippen molar-refractivity contribution < 1.29 is 42.9 Å². The number of pyridine rings is 1. The molecule has 7 aromatic rings. The Labute approximate surface area is 469 Å². The zero-order valence-corrected chi connectivity index (χ0v) is 47.6. The van der Waals surface area contributed by atoms with Crippen LogP contribution in [0.25, 0.3) is 32.2 Å². The number of hydrogen-bond donors (Lipinski definition) is 4. The number of unbranched alkanes of at least 4 members (excludes halogenated alkanes) is 6. The number of aliphatic hydroxyl groups excluding tert-OH is 1. The number of aryl methyl sites for hydroxylation is 3. The van der Waals surface area contributed by atoms with Gasteiger partial charge in [0.15, 0.2) is 23.1 Å². The van der Waals surface area contributed by atoms with Gasteiger partial charge in [0.2, 0.25) is 29.0 Å². The van der Waals surface area contributed by atoms with Crippen molar-refractivity contribution in [2.45, 2.75) is 130 Å². The van der Waals surface area contributed by atoms with Crippen molar-refractivity contribution in [2.24, 2.45) is 12.5 Å². The maximum atomic E-state index is 15.6. The van der Waals surface area contributed by atoms with E-state index in [4.69, 9.17) is 14.2 Å². The van der Waals surface area contributed by atoms with Gasteiger partial charge in [-0.15, -0.1) is 11.3 Å². The van der Waals surface area contributed by atoms with Crippen LogP contribution in [0, 0.1) is 25.1 Å². The Morgan fingerprint density at radius 3 is 2.27 bits per heavy atom. The second-order valence-corrected chi connectivity index (χ2v) is 22.3. The Morgan fingerprint density at radius 1 is 0.863 bits per heavy atom. The highest BCUT2D eigenvalue weighted by molar-refractivity contribution is 7.13. The number of nitrogens with zero attached hydrogens (tertiary/aromatic N) is 5. The van der Waals surface area contributed by atoms with E-state index >= 15 is 4.39 Å². The summed E-state index contributed by atoms with van der Waals surface area (Å²) in [6.07, 6.45) is 7.67. The van der Waals surface area contributed by atoms with Gasteiger partial charge < -0.3 is 44.7 Å². The molecule has 4 heterocycles. The molecule has 1 aliphatic rings. The van der Waals surface area contributed by atoms with Crippen LogP contribution in [-0.4, -0.2) is 91.6 Å². The summed E-state index contributed by atoms with van der Waals surface area (Å²) < 4.78 is 35.2. The first-order valence-corrected chi connectivity index (χ1v) is 28.1. The molecule has 4 N–H and O–H groups in total. The molecule has 422 valence electrons. The molecule has 0 unspecified atom stereocenters. The Balaban J connectivity index is 0.754. The molecule has 0 radical (unpaired) electrons. The van der Waals surface area contributed by atoms with E-state index in [0.29, 0.717) is 52.0 Å². The van der Waals surface area contributed by atoms with Crippen LogP contribution in [0.15, 0.2) is 89.4 Å². The number of hydrogen-bond acceptors (Lipinski definition) is 13. The largest absolute Gasteiger partial charge is 0.493 e. The van der Waals surface area contributed by atoms with Crippen molar-refractivity contribution >= 4 is 62.5 Å². The highest BCUT2D eigenvalue weighted by Crippen LogP contribution is 2.37. The highest BCUT2D eigenvalue weighted by atomic mass is 32.1. The van der Waals surface area contributed by atoms with Gasteiger partial charge in [0, 0.05) is 61.9 Å². The van der Waals surface area contributed by atoms with E-state index in [0.717, 1.165) is 78.3 Å². The van der Waals surface area contributed by atoms with Gasteiger partial charge >= 0.3 is 0 Å². The molecule has 1 aliphatic heterocycles. The summed E-state index contributed by atoms with van der Waals surface area (Å²) >= 11 is 1.57. The lowest BCUT2D eigenvalue weighted by atomic mass is 9.85. The molecule has 8 rings (SSSR count). The van der Waals surface area contributed by atoms with Crippen LogP contribution in [0.1, 0.15) is 118 Å². The maximum Gasteiger partial charge on any atom is 0.261 e. The number of fused-ring (bicyclic) bond motifs is 2. The third-order valence-electron chi connectivity index (χ3n) is 14.7. The Hall–Kier alpha value is -7.77. The van der Waals surface area contributed by atoms with Crippen LogP contribution in [0.5, 0.6) is 23.1 Å². The molecule has 1 fully saturated rings. The Bertz CT molecular complexity index is 3450. The van der Waals surface area contributed by atoms with Crippen LogP contribution in [-0.2, 0) is 34.4 Å². The van der Waals surface area contributed by atoms with E-state index in [1.165, 1.54) is 30.5 Å². The van der Waals surface area contributed by atoms with E-state index in [9.17, 15) is 29.1 Å². The van der Waals surface area contributed by atoms with Gasteiger partial charge in [0.05, 0.1) is 52.3 Å². The molecule has 4 amide bonds. The number of anilines is 1. The van der Waals surface area contributed by atoms with Crippen LogP contribution >= 0.6 is 11.3 Å². The molecule has 0 bridgehead atoms. The number of amides is 4. The molecule has 0 aliphatic carbocycles. The lowest BCUT2D eigenvalue weighted by molar-refractivity contribution is -0.144. The monoisotopic (exact) mass is 1110 g/mol. The second kappa shape index (κ2) is 26.0. The molecular weight excluding hydrogens is 1040 g/mol. The average Bonchev–Trinajstić information content (AvgIpc) is 4.08. The number of carbonyl (C=O) groups excluding carboxylic acids is 4. The van der Waals surface area contributed by atoms with Gasteiger partial charge in [-0.1, -0.05) is 90.1 Å². The molecule has 80 heavy (non-hydrogen) atoms. The third-order valence-corrected chi connectivity index (χ3v) is 15.7. The summed E-state index contributed by atoms with van der Waals surface area (Å²) in [7, 11) is 3.31. The number of halogens is 1. The minimum absolute atomic E-state index is 0.00776. The smallest absolute Gasteiger partial charge is 0.261 e. The fraction of sp³-hybridized carbons (Fsp3) is 0.410. The van der Waals surface area contributed by atoms with E-state index in [1.54, 1.807) is 48.1 Å². The zero-order chi connectivity index (χ0) is 57.3. The number of rotatable bonds is 23. The van der Waals surface area contributed by atoms with E-state index in [-0.39, 0.29) is 66.5 Å².